The van der Waals surface area contributed by atoms with Crippen molar-refractivity contribution in [1.29, 1.82) is 0 Å². The van der Waals surface area contributed by atoms with E-state index >= 15 is 0 Å². The second kappa shape index (κ2) is 12.8. The summed E-state index contributed by atoms with van der Waals surface area (Å²) in [6.45, 7) is 0. The summed E-state index contributed by atoms with van der Waals surface area (Å²) in [5.41, 5.74) is 3.17. The van der Waals surface area contributed by atoms with Gasteiger partial charge in [0.05, 0.1) is 0 Å². The molecule has 162 valence electrons. The van der Waals surface area contributed by atoms with Gasteiger partial charge in [0.15, 0.2) is 11.4 Å². The Morgan fingerprint density at radius 3 is 2.32 bits per heavy atom. The molecule has 1 aromatic carbocycles. The third-order valence-electron chi connectivity index (χ3n) is 5.15. The molecule has 0 saturated heterocycles. The van der Waals surface area contributed by atoms with E-state index in [1.165, 1.54) is 44.1 Å². The smallest absolute Gasteiger partial charge is 0.255 e. The number of aromatic nitrogens is 3. The van der Waals surface area contributed by atoms with Crippen LogP contribution < -0.4 is 5.56 Å². The number of hydrogen-bond donors (Lipinski definition) is 1. The zero-order valence-electron chi connectivity index (χ0n) is 17.8. The minimum Gasteiger partial charge on any atom is -0.301 e. The van der Waals surface area contributed by atoms with Gasteiger partial charge in [-0.05, 0) is 36.5 Å². The highest BCUT2D eigenvalue weighted by molar-refractivity contribution is 7.99. The summed E-state index contributed by atoms with van der Waals surface area (Å²) >= 11 is 1.60. The van der Waals surface area contributed by atoms with Crippen molar-refractivity contribution in [2.24, 2.45) is 0 Å². The van der Waals surface area contributed by atoms with Crippen LogP contribution in [0.4, 0.5) is 0 Å². The van der Waals surface area contributed by atoms with Gasteiger partial charge < -0.3 is 4.98 Å². The van der Waals surface area contributed by atoms with Crippen LogP contribution in [-0.4, -0.2) is 27.0 Å². The molecule has 0 saturated carbocycles. The first-order chi connectivity index (χ1) is 15.2. The van der Waals surface area contributed by atoms with E-state index in [0.29, 0.717) is 29.1 Å². The lowest BCUT2D eigenvalue weighted by atomic mass is 10.1. The number of aromatic amines is 1. The molecule has 0 amide bonds. The largest absolute Gasteiger partial charge is 0.301 e. The molecule has 0 atom stereocenters. The number of hydrogen-bond acceptors (Lipinski definition) is 5. The second-order valence-electron chi connectivity index (χ2n) is 7.63. The Balaban J connectivity index is 1.29. The zero-order chi connectivity index (χ0) is 21.7. The van der Waals surface area contributed by atoms with Crippen LogP contribution in [0.1, 0.15) is 65.7 Å². The Kier molecular flexibility index (Phi) is 9.51. The first-order valence-electron chi connectivity index (χ1n) is 10.9. The van der Waals surface area contributed by atoms with E-state index in [4.69, 9.17) is 0 Å². The molecular formula is C25H29N3O2S. The summed E-state index contributed by atoms with van der Waals surface area (Å²) < 4.78 is 0. The van der Waals surface area contributed by atoms with Gasteiger partial charge in [0.1, 0.15) is 5.69 Å². The van der Waals surface area contributed by atoms with Crippen LogP contribution in [0.2, 0.25) is 0 Å². The summed E-state index contributed by atoms with van der Waals surface area (Å²) in [5, 5.41) is 0.672. The van der Waals surface area contributed by atoms with Crippen molar-refractivity contribution in [3.8, 4) is 0 Å². The van der Waals surface area contributed by atoms with Crippen LogP contribution >= 0.6 is 11.8 Å². The van der Waals surface area contributed by atoms with Crippen LogP contribution in [0.3, 0.4) is 0 Å². The quantitative estimate of drug-likeness (QED) is 0.172. The third-order valence-corrected chi connectivity index (χ3v) is 6.13. The fraction of sp³-hybridized carbons (Fsp3) is 0.360. The monoisotopic (exact) mass is 435 g/mol. The molecule has 0 bridgehead atoms. The topological polar surface area (TPSA) is 75.7 Å². The third kappa shape index (κ3) is 8.13. The molecule has 1 N–H and O–H groups in total. The lowest BCUT2D eigenvalue weighted by molar-refractivity contribution is 0.111. The summed E-state index contributed by atoms with van der Waals surface area (Å²) in [5.74, 6) is 0.962. The molecule has 0 aliphatic heterocycles. The highest BCUT2D eigenvalue weighted by Gasteiger charge is 2.05. The normalized spacial score (nSPS) is 10.8. The van der Waals surface area contributed by atoms with Gasteiger partial charge in [0, 0.05) is 30.1 Å². The van der Waals surface area contributed by atoms with Crippen LogP contribution in [0.15, 0.2) is 64.8 Å². The van der Waals surface area contributed by atoms with Gasteiger partial charge in [0.25, 0.3) is 5.56 Å². The van der Waals surface area contributed by atoms with Gasteiger partial charge in [-0.3, -0.25) is 14.6 Å². The molecule has 31 heavy (non-hydrogen) atoms. The van der Waals surface area contributed by atoms with Gasteiger partial charge in [-0.2, -0.15) is 0 Å². The van der Waals surface area contributed by atoms with Crippen molar-refractivity contribution in [3.63, 3.8) is 0 Å². The number of aryl methyl sites for hydroxylation is 1. The molecule has 0 spiro atoms. The predicted molar refractivity (Wildman–Crippen MR) is 126 cm³/mol. The maximum absolute atomic E-state index is 12.3. The molecule has 3 aromatic rings. The van der Waals surface area contributed by atoms with Crippen molar-refractivity contribution in [1.82, 2.24) is 15.0 Å². The van der Waals surface area contributed by atoms with Crippen molar-refractivity contribution in [2.45, 2.75) is 56.5 Å². The van der Waals surface area contributed by atoms with Crippen molar-refractivity contribution < 1.29 is 4.79 Å². The Hall–Kier alpha value is -2.73. The van der Waals surface area contributed by atoms with Gasteiger partial charge in [0.2, 0.25) is 0 Å². The lowest BCUT2D eigenvalue weighted by Gasteiger charge is -2.04. The molecule has 0 aliphatic carbocycles. The standard InChI is InChI=1S/C25H29N3O2S/c29-19-23-14-13-21(17-26-23)16-22-18-27-25(28-24(22)30)31-15-9-4-2-1-3-6-10-20-11-7-5-8-12-20/h5,7-8,11-14,17-19H,1-4,6,9-10,15-16H2,(H,27,28,30). The number of H-pyrrole nitrogens is 1. The lowest BCUT2D eigenvalue weighted by Crippen LogP contribution is -2.15. The zero-order valence-corrected chi connectivity index (χ0v) is 18.6. The fourth-order valence-electron chi connectivity index (χ4n) is 3.39. The second-order valence-corrected chi connectivity index (χ2v) is 8.72. The average Bonchev–Trinajstić information content (AvgIpc) is 2.81. The molecule has 0 unspecified atom stereocenters. The van der Waals surface area contributed by atoms with Crippen molar-refractivity contribution >= 4 is 18.0 Å². The Morgan fingerprint density at radius 2 is 1.61 bits per heavy atom. The Labute approximate surface area is 187 Å². The maximum atomic E-state index is 12.3. The number of carbonyl (C=O) groups excluding carboxylic acids is 1. The average molecular weight is 436 g/mol. The van der Waals surface area contributed by atoms with Gasteiger partial charge in [-0.1, -0.05) is 73.8 Å². The van der Waals surface area contributed by atoms with Crippen LogP contribution in [0, 0.1) is 0 Å². The number of carbonyl (C=O) groups is 1. The van der Waals surface area contributed by atoms with Crippen molar-refractivity contribution in [2.75, 3.05) is 5.75 Å². The molecule has 6 heteroatoms. The molecule has 0 aliphatic rings. The number of aldehydes is 1. The molecule has 0 radical (unpaired) electrons. The van der Waals surface area contributed by atoms with E-state index in [0.717, 1.165) is 17.7 Å². The molecule has 2 aromatic heterocycles. The van der Waals surface area contributed by atoms with E-state index in [1.54, 1.807) is 36.3 Å². The van der Waals surface area contributed by atoms with Gasteiger partial charge >= 0.3 is 0 Å². The highest BCUT2D eigenvalue weighted by Crippen LogP contribution is 2.16. The van der Waals surface area contributed by atoms with E-state index < -0.39 is 0 Å². The molecule has 2 heterocycles. The molecule has 5 nitrogen and oxygen atoms in total. The summed E-state index contributed by atoms with van der Waals surface area (Å²) in [6.07, 6.45) is 13.0. The highest BCUT2D eigenvalue weighted by atomic mass is 32.2. The first kappa shape index (κ1) is 22.9. The van der Waals surface area contributed by atoms with Gasteiger partial charge in [-0.25, -0.2) is 4.98 Å². The summed E-state index contributed by atoms with van der Waals surface area (Å²) in [6, 6.07) is 14.1. The SMILES string of the molecule is O=Cc1ccc(Cc2cnc(SCCCCCCCCc3ccccc3)[nH]c2=O)cn1. The minimum atomic E-state index is -0.115. The van der Waals surface area contributed by atoms with E-state index in [9.17, 15) is 9.59 Å². The number of rotatable bonds is 13. The van der Waals surface area contributed by atoms with Crippen LogP contribution in [0.5, 0.6) is 0 Å². The summed E-state index contributed by atoms with van der Waals surface area (Å²) in [4.78, 5) is 34.3. The Morgan fingerprint density at radius 1 is 0.839 bits per heavy atom. The number of nitrogens with zero attached hydrogens (tertiary/aromatic N) is 2. The van der Waals surface area contributed by atoms with Crippen LogP contribution in [0.25, 0.3) is 0 Å². The number of unbranched alkanes of at least 4 members (excludes halogenated alkanes) is 5. The molecule has 0 fully saturated rings. The van der Waals surface area contributed by atoms with E-state index in [-0.39, 0.29) is 5.56 Å². The molecular weight excluding hydrogens is 406 g/mol. The number of thioether (sulfide) groups is 1. The van der Waals surface area contributed by atoms with Crippen LogP contribution in [-0.2, 0) is 12.8 Å². The maximum Gasteiger partial charge on any atom is 0.255 e. The predicted octanol–water partition coefficient (Wildman–Crippen LogP) is 5.24. The Bertz CT molecular complexity index is 988. The first-order valence-corrected chi connectivity index (χ1v) is 11.9. The van der Waals surface area contributed by atoms with Crippen molar-refractivity contribution in [3.05, 3.63) is 87.6 Å². The number of nitrogens with one attached hydrogen (secondary N) is 1. The van der Waals surface area contributed by atoms with E-state index in [1.807, 2.05) is 0 Å². The molecule has 3 rings (SSSR count). The van der Waals surface area contributed by atoms with Gasteiger partial charge in [-0.15, -0.1) is 0 Å². The number of pyridine rings is 1. The summed E-state index contributed by atoms with van der Waals surface area (Å²) in [7, 11) is 0. The van der Waals surface area contributed by atoms with E-state index in [2.05, 4.69) is 45.3 Å². The fourth-order valence-corrected chi connectivity index (χ4v) is 4.22. The number of benzene rings is 1. The minimum absolute atomic E-state index is 0.115.